The number of likely N-dealkylation sites (tertiary alicyclic amines) is 1. The van der Waals surface area contributed by atoms with Crippen LogP contribution >= 0.6 is 0 Å². The van der Waals surface area contributed by atoms with E-state index >= 15 is 0 Å². The van der Waals surface area contributed by atoms with E-state index in [9.17, 15) is 19.1 Å². The van der Waals surface area contributed by atoms with Crippen molar-refractivity contribution >= 4 is 5.91 Å². The molecule has 1 unspecified atom stereocenters. The fourth-order valence-electron chi connectivity index (χ4n) is 4.48. The van der Waals surface area contributed by atoms with Gasteiger partial charge in [-0.05, 0) is 37.1 Å². The van der Waals surface area contributed by atoms with Crippen molar-refractivity contribution in [3.05, 3.63) is 75.6 Å². The molecule has 0 aliphatic carbocycles. The van der Waals surface area contributed by atoms with Gasteiger partial charge in [-0.1, -0.05) is 24.3 Å². The van der Waals surface area contributed by atoms with E-state index in [-0.39, 0.29) is 36.4 Å². The van der Waals surface area contributed by atoms with Gasteiger partial charge in [0, 0.05) is 25.6 Å². The van der Waals surface area contributed by atoms with E-state index in [0.717, 1.165) is 0 Å². The lowest BCUT2D eigenvalue weighted by Gasteiger charge is -2.22. The highest BCUT2D eigenvalue weighted by Gasteiger charge is 2.34. The minimum absolute atomic E-state index is 0.0735. The van der Waals surface area contributed by atoms with Crippen LogP contribution in [0.15, 0.2) is 47.3 Å². The van der Waals surface area contributed by atoms with E-state index in [1.165, 1.54) is 29.8 Å². The van der Waals surface area contributed by atoms with Crippen LogP contribution in [0.25, 0.3) is 5.69 Å². The molecule has 1 aliphatic rings. The lowest BCUT2D eigenvalue weighted by molar-refractivity contribution is 0.0782. The zero-order valence-corrected chi connectivity index (χ0v) is 20.4. The van der Waals surface area contributed by atoms with Gasteiger partial charge in [0.1, 0.15) is 35.4 Å². The molecule has 1 amide bonds. The van der Waals surface area contributed by atoms with Gasteiger partial charge in [-0.15, -0.1) is 0 Å². The molecule has 4 rings (SSSR count). The first kappa shape index (κ1) is 25.2. The van der Waals surface area contributed by atoms with Gasteiger partial charge in [-0.25, -0.2) is 4.39 Å². The monoisotopic (exact) mass is 497 g/mol. The van der Waals surface area contributed by atoms with Gasteiger partial charge in [0.2, 0.25) is 5.88 Å². The average molecular weight is 498 g/mol. The number of ether oxygens (including phenoxy) is 3. The third-order valence-electron chi connectivity index (χ3n) is 6.23. The van der Waals surface area contributed by atoms with Crippen molar-refractivity contribution in [3.63, 3.8) is 0 Å². The summed E-state index contributed by atoms with van der Waals surface area (Å²) in [7, 11) is 2.90. The molecule has 1 N–H and O–H groups in total. The Labute approximate surface area is 207 Å². The third-order valence-corrected chi connectivity index (χ3v) is 6.23. The minimum atomic E-state index is -0.883. The number of carbonyl (C=O) groups is 1. The Morgan fingerprint density at radius 3 is 2.47 bits per heavy atom. The molecule has 1 aliphatic heterocycles. The highest BCUT2D eigenvalue weighted by Crippen LogP contribution is 2.37. The Balaban J connectivity index is 1.80. The Kier molecular flexibility index (Phi) is 7.54. The summed E-state index contributed by atoms with van der Waals surface area (Å²) in [5.41, 5.74) is -0.593. The second kappa shape index (κ2) is 10.8. The van der Waals surface area contributed by atoms with Crippen molar-refractivity contribution in [2.24, 2.45) is 0 Å². The van der Waals surface area contributed by atoms with Crippen molar-refractivity contribution in [1.82, 2.24) is 14.5 Å². The van der Waals surface area contributed by atoms with E-state index in [4.69, 9.17) is 14.2 Å². The predicted octanol–water partition coefficient (Wildman–Crippen LogP) is 3.26. The molecule has 2 heterocycles. The number of aromatic nitrogens is 2. The molecule has 1 fully saturated rings. The number of carbonyl (C=O) groups excluding carboxylic acids is 1. The predicted molar refractivity (Wildman–Crippen MR) is 130 cm³/mol. The van der Waals surface area contributed by atoms with Crippen LogP contribution in [-0.2, 0) is 11.3 Å². The molecule has 0 saturated carbocycles. The molecule has 9 nitrogen and oxygen atoms in total. The van der Waals surface area contributed by atoms with E-state index < -0.39 is 22.9 Å². The molecular weight excluding hydrogens is 469 g/mol. The summed E-state index contributed by atoms with van der Waals surface area (Å²) in [6.45, 7) is 2.52. The van der Waals surface area contributed by atoms with Gasteiger partial charge < -0.3 is 24.2 Å². The highest BCUT2D eigenvalue weighted by atomic mass is 19.1. The number of amides is 1. The van der Waals surface area contributed by atoms with Crippen LogP contribution in [-0.4, -0.2) is 59.4 Å². The third kappa shape index (κ3) is 4.64. The maximum absolute atomic E-state index is 14.3. The molecule has 0 bridgehead atoms. The van der Waals surface area contributed by atoms with Gasteiger partial charge in [0.05, 0.1) is 14.2 Å². The number of benzene rings is 2. The summed E-state index contributed by atoms with van der Waals surface area (Å²) in [5, 5.41) is 11.3. The average Bonchev–Trinajstić information content (AvgIpc) is 3.37. The number of hydrogen-bond donors (Lipinski definition) is 1. The van der Waals surface area contributed by atoms with Crippen molar-refractivity contribution in [3.8, 4) is 23.1 Å². The molecule has 0 radical (unpaired) electrons. The van der Waals surface area contributed by atoms with Gasteiger partial charge in [-0.3, -0.25) is 14.2 Å². The van der Waals surface area contributed by atoms with Crippen molar-refractivity contribution in [2.75, 3.05) is 33.9 Å². The van der Waals surface area contributed by atoms with E-state index in [2.05, 4.69) is 4.98 Å². The van der Waals surface area contributed by atoms with E-state index in [1.807, 2.05) is 0 Å². The molecule has 3 aromatic rings. The molecule has 0 spiro atoms. The number of para-hydroxylation sites is 1. The van der Waals surface area contributed by atoms with Crippen LogP contribution in [0.4, 0.5) is 4.39 Å². The van der Waals surface area contributed by atoms with Crippen LogP contribution in [0.5, 0.6) is 17.4 Å². The van der Waals surface area contributed by atoms with Crippen LogP contribution in [0, 0.1) is 5.82 Å². The van der Waals surface area contributed by atoms with Crippen LogP contribution in [0.1, 0.15) is 41.0 Å². The van der Waals surface area contributed by atoms with E-state index in [0.29, 0.717) is 36.6 Å². The normalized spacial score (nSPS) is 15.2. The summed E-state index contributed by atoms with van der Waals surface area (Å²) < 4.78 is 32.0. The quantitative estimate of drug-likeness (QED) is 0.510. The number of nitrogens with zero attached hydrogens (tertiary/aromatic N) is 3. The lowest BCUT2D eigenvalue weighted by Crippen LogP contribution is -2.35. The van der Waals surface area contributed by atoms with Gasteiger partial charge >= 0.3 is 0 Å². The van der Waals surface area contributed by atoms with Crippen molar-refractivity contribution < 1.29 is 28.5 Å². The van der Waals surface area contributed by atoms with Crippen molar-refractivity contribution in [1.29, 1.82) is 0 Å². The molecule has 1 saturated heterocycles. The molecule has 1 aromatic heterocycles. The summed E-state index contributed by atoms with van der Waals surface area (Å²) >= 11 is 0. The second-order valence-electron chi connectivity index (χ2n) is 8.27. The topological polar surface area (TPSA) is 103 Å². The fraction of sp³-hybridized carbons (Fsp3) is 0.346. The first-order valence-corrected chi connectivity index (χ1v) is 11.6. The Morgan fingerprint density at radius 1 is 1.14 bits per heavy atom. The summed E-state index contributed by atoms with van der Waals surface area (Å²) in [6, 6.07) is 11.4. The number of methoxy groups -OCH3 is 2. The number of aromatic hydroxyl groups is 1. The summed E-state index contributed by atoms with van der Waals surface area (Å²) in [5.74, 6) is -1.13. The maximum atomic E-state index is 14.3. The van der Waals surface area contributed by atoms with Crippen LogP contribution < -0.4 is 15.0 Å². The second-order valence-corrected chi connectivity index (χ2v) is 8.27. The minimum Gasteiger partial charge on any atom is -0.494 e. The highest BCUT2D eigenvalue weighted by molar-refractivity contribution is 5.96. The van der Waals surface area contributed by atoms with Crippen LogP contribution in [0.3, 0.4) is 0 Å². The fourth-order valence-corrected chi connectivity index (χ4v) is 4.48. The van der Waals surface area contributed by atoms with Gasteiger partial charge in [0.15, 0.2) is 5.56 Å². The SMILES string of the molecule is CCOCc1nc(=O)c(C(=O)N2CCC(c3ccccc3F)C2)c(O)n1-c1c(OC)cccc1OC. The van der Waals surface area contributed by atoms with E-state index in [1.54, 1.807) is 43.3 Å². The first-order valence-electron chi connectivity index (χ1n) is 11.6. The Hall–Kier alpha value is -3.92. The Morgan fingerprint density at radius 2 is 1.83 bits per heavy atom. The van der Waals surface area contributed by atoms with Gasteiger partial charge in [0.25, 0.3) is 11.5 Å². The zero-order valence-electron chi connectivity index (χ0n) is 20.4. The molecule has 36 heavy (non-hydrogen) atoms. The standard InChI is InChI=1S/C26H28FN3O6/c1-4-36-15-21-28-24(31)22(26(33)30(21)23-19(34-2)10-7-11-20(23)35-3)25(32)29-13-12-16(14-29)17-8-5-6-9-18(17)27/h5-11,16,33H,4,12-15H2,1-3H3. The van der Waals surface area contributed by atoms with Crippen LogP contribution in [0.2, 0.25) is 0 Å². The van der Waals surface area contributed by atoms with Gasteiger partial charge in [-0.2, -0.15) is 4.98 Å². The smallest absolute Gasteiger partial charge is 0.289 e. The largest absolute Gasteiger partial charge is 0.494 e. The molecule has 10 heteroatoms. The summed E-state index contributed by atoms with van der Waals surface area (Å²) in [6.07, 6.45) is 0.526. The number of hydrogen-bond acceptors (Lipinski definition) is 7. The Bertz CT molecular complexity index is 1300. The molecule has 2 aromatic carbocycles. The first-order chi connectivity index (χ1) is 17.4. The number of rotatable bonds is 8. The maximum Gasteiger partial charge on any atom is 0.289 e. The summed E-state index contributed by atoms with van der Waals surface area (Å²) in [4.78, 5) is 32.0. The molecular formula is C26H28FN3O6. The van der Waals surface area contributed by atoms with Crippen molar-refractivity contribution in [2.45, 2.75) is 25.9 Å². The lowest BCUT2D eigenvalue weighted by atomic mass is 9.98. The zero-order chi connectivity index (χ0) is 25.8. The molecule has 190 valence electrons. The number of halogens is 1. The molecule has 1 atom stereocenters.